The highest BCUT2D eigenvalue weighted by Gasteiger charge is 2.25. The lowest BCUT2D eigenvalue weighted by Gasteiger charge is -2.31. The molecule has 1 aliphatic heterocycles. The molecule has 4 rings (SSSR count). The third-order valence-corrected chi connectivity index (χ3v) is 5.98. The Morgan fingerprint density at radius 2 is 1.97 bits per heavy atom. The Morgan fingerprint density at radius 3 is 2.68 bits per heavy atom. The van der Waals surface area contributed by atoms with Crippen molar-refractivity contribution in [2.24, 2.45) is 5.92 Å². The third-order valence-electron chi connectivity index (χ3n) is 5.98. The van der Waals surface area contributed by atoms with E-state index in [4.69, 9.17) is 15.2 Å². The number of nitrogens with one attached hydrogen (secondary N) is 1. The summed E-state index contributed by atoms with van der Waals surface area (Å²) in [6.07, 6.45) is 8.59. The second-order valence-electron chi connectivity index (χ2n) is 8.34. The average Bonchev–Trinajstić information content (AvgIpc) is 3.27. The minimum atomic E-state index is -0.466. The van der Waals surface area contributed by atoms with Gasteiger partial charge in [-0.1, -0.05) is 19.3 Å². The van der Waals surface area contributed by atoms with E-state index in [1.54, 1.807) is 12.1 Å². The van der Waals surface area contributed by atoms with Crippen LogP contribution in [0.4, 0.5) is 27.9 Å². The van der Waals surface area contributed by atoms with Crippen molar-refractivity contribution in [2.75, 3.05) is 42.8 Å². The van der Waals surface area contributed by atoms with Gasteiger partial charge in [-0.2, -0.15) is 15.0 Å². The summed E-state index contributed by atoms with van der Waals surface area (Å²) in [5.41, 5.74) is 6.52. The number of nitrogen functional groups attached to an aromatic ring is 1. The van der Waals surface area contributed by atoms with E-state index in [1.807, 2.05) is 0 Å². The number of methoxy groups -OCH3 is 1. The molecule has 2 fully saturated rings. The Balaban J connectivity index is 1.55. The first-order valence-corrected chi connectivity index (χ1v) is 11.1. The molecule has 2 heterocycles. The predicted octanol–water partition coefficient (Wildman–Crippen LogP) is 3.91. The monoisotopic (exact) mass is 430 g/mol. The summed E-state index contributed by atoms with van der Waals surface area (Å²) >= 11 is 0. The standard InChI is InChI=1S/C22H31FN6O2/c1-30-19-10-9-16(12-18(19)23)25-21-26-20(24)27-22(28-21)29(14-17-8-5-11-31-17)13-15-6-3-2-4-7-15/h9-10,12,15,17H,2-8,11,13-14H2,1H3,(H3,24,25,26,27,28). The fourth-order valence-corrected chi connectivity index (χ4v) is 4.40. The summed E-state index contributed by atoms with van der Waals surface area (Å²) in [6, 6.07) is 4.59. The second kappa shape index (κ2) is 10.1. The lowest BCUT2D eigenvalue weighted by molar-refractivity contribution is 0.114. The Labute approximate surface area is 182 Å². The van der Waals surface area contributed by atoms with Crippen LogP contribution < -0.4 is 20.7 Å². The molecular formula is C22H31FN6O2. The Bertz CT molecular complexity index is 871. The lowest BCUT2D eigenvalue weighted by Crippen LogP contribution is -2.38. The first-order chi connectivity index (χ1) is 15.1. The number of anilines is 4. The highest BCUT2D eigenvalue weighted by molar-refractivity contribution is 5.57. The Morgan fingerprint density at radius 1 is 1.13 bits per heavy atom. The fraction of sp³-hybridized carbons (Fsp3) is 0.591. The van der Waals surface area contributed by atoms with Crippen LogP contribution in [0.5, 0.6) is 5.75 Å². The summed E-state index contributed by atoms with van der Waals surface area (Å²) in [7, 11) is 1.43. The van der Waals surface area contributed by atoms with Crippen LogP contribution in [0.1, 0.15) is 44.9 Å². The normalized spacial score (nSPS) is 19.4. The SMILES string of the molecule is COc1ccc(Nc2nc(N)nc(N(CC3CCCCC3)CC3CCCO3)n2)cc1F. The van der Waals surface area contributed by atoms with Crippen molar-refractivity contribution in [2.45, 2.75) is 51.0 Å². The Hall–Kier alpha value is -2.68. The van der Waals surface area contributed by atoms with E-state index in [0.717, 1.165) is 32.5 Å². The smallest absolute Gasteiger partial charge is 0.233 e. The summed E-state index contributed by atoms with van der Waals surface area (Å²) in [5.74, 6) is 1.27. The molecule has 168 valence electrons. The molecule has 1 aliphatic carbocycles. The second-order valence-corrected chi connectivity index (χ2v) is 8.34. The molecule has 1 aromatic carbocycles. The molecule has 1 aromatic heterocycles. The molecule has 1 saturated carbocycles. The van der Waals surface area contributed by atoms with E-state index >= 15 is 0 Å². The van der Waals surface area contributed by atoms with E-state index < -0.39 is 5.82 Å². The largest absolute Gasteiger partial charge is 0.494 e. The van der Waals surface area contributed by atoms with Gasteiger partial charge in [-0.05, 0) is 43.7 Å². The molecule has 2 aliphatic rings. The average molecular weight is 431 g/mol. The van der Waals surface area contributed by atoms with Gasteiger partial charge in [0.15, 0.2) is 11.6 Å². The molecule has 1 saturated heterocycles. The zero-order valence-electron chi connectivity index (χ0n) is 18.0. The number of nitrogens with two attached hydrogens (primary N) is 1. The van der Waals surface area contributed by atoms with Gasteiger partial charge in [0.05, 0.1) is 13.2 Å². The molecular weight excluding hydrogens is 399 g/mol. The van der Waals surface area contributed by atoms with E-state index in [1.165, 1.54) is 45.3 Å². The quantitative estimate of drug-likeness (QED) is 0.650. The van der Waals surface area contributed by atoms with Crippen molar-refractivity contribution in [3.05, 3.63) is 24.0 Å². The van der Waals surface area contributed by atoms with Crippen LogP contribution in [0.3, 0.4) is 0 Å². The third kappa shape index (κ3) is 5.72. The molecule has 8 nitrogen and oxygen atoms in total. The summed E-state index contributed by atoms with van der Waals surface area (Å²) in [5, 5.41) is 3.03. The number of benzene rings is 1. The van der Waals surface area contributed by atoms with Gasteiger partial charge in [-0.15, -0.1) is 0 Å². The van der Waals surface area contributed by atoms with Crippen LogP contribution >= 0.6 is 0 Å². The summed E-state index contributed by atoms with van der Waals surface area (Å²) in [4.78, 5) is 15.4. The van der Waals surface area contributed by atoms with Gasteiger partial charge in [-0.25, -0.2) is 4.39 Å². The van der Waals surface area contributed by atoms with Crippen molar-refractivity contribution in [1.82, 2.24) is 15.0 Å². The number of rotatable bonds is 8. The van der Waals surface area contributed by atoms with Gasteiger partial charge in [-0.3, -0.25) is 0 Å². The zero-order valence-corrected chi connectivity index (χ0v) is 18.0. The minimum absolute atomic E-state index is 0.127. The molecule has 9 heteroatoms. The highest BCUT2D eigenvalue weighted by atomic mass is 19.1. The van der Waals surface area contributed by atoms with Crippen molar-refractivity contribution in [3.8, 4) is 5.75 Å². The van der Waals surface area contributed by atoms with E-state index in [9.17, 15) is 4.39 Å². The van der Waals surface area contributed by atoms with Crippen LogP contribution in [0.15, 0.2) is 18.2 Å². The number of hydrogen-bond acceptors (Lipinski definition) is 8. The predicted molar refractivity (Wildman–Crippen MR) is 118 cm³/mol. The van der Waals surface area contributed by atoms with Gasteiger partial charge in [0, 0.05) is 31.5 Å². The number of halogens is 1. The number of ether oxygens (including phenoxy) is 2. The van der Waals surface area contributed by atoms with Crippen LogP contribution in [-0.2, 0) is 4.74 Å². The number of hydrogen-bond donors (Lipinski definition) is 2. The maximum absolute atomic E-state index is 14.1. The summed E-state index contributed by atoms with van der Waals surface area (Å²) < 4.78 is 24.9. The lowest BCUT2D eigenvalue weighted by atomic mass is 9.89. The molecule has 1 atom stereocenters. The van der Waals surface area contributed by atoms with Crippen LogP contribution in [0, 0.1) is 11.7 Å². The zero-order chi connectivity index (χ0) is 21.6. The Kier molecular flexibility index (Phi) is 7.01. The van der Waals surface area contributed by atoms with E-state index in [-0.39, 0.29) is 23.8 Å². The van der Waals surface area contributed by atoms with Crippen LogP contribution in [-0.4, -0.2) is 47.9 Å². The minimum Gasteiger partial charge on any atom is -0.494 e. The molecule has 2 aromatic rings. The van der Waals surface area contributed by atoms with Crippen molar-refractivity contribution in [3.63, 3.8) is 0 Å². The van der Waals surface area contributed by atoms with Crippen molar-refractivity contribution < 1.29 is 13.9 Å². The molecule has 31 heavy (non-hydrogen) atoms. The summed E-state index contributed by atoms with van der Waals surface area (Å²) in [6.45, 7) is 2.41. The van der Waals surface area contributed by atoms with Crippen LogP contribution in [0.25, 0.3) is 0 Å². The van der Waals surface area contributed by atoms with Gasteiger partial charge >= 0.3 is 0 Å². The first-order valence-electron chi connectivity index (χ1n) is 11.1. The van der Waals surface area contributed by atoms with Gasteiger partial charge < -0.3 is 25.4 Å². The molecule has 0 spiro atoms. The first kappa shape index (κ1) is 21.5. The number of nitrogens with zero attached hydrogens (tertiary/aromatic N) is 4. The van der Waals surface area contributed by atoms with Crippen LogP contribution in [0.2, 0.25) is 0 Å². The molecule has 0 amide bonds. The molecule has 3 N–H and O–H groups in total. The van der Waals surface area contributed by atoms with Crippen molar-refractivity contribution in [1.29, 1.82) is 0 Å². The van der Waals surface area contributed by atoms with Crippen molar-refractivity contribution >= 4 is 23.5 Å². The van der Waals surface area contributed by atoms with E-state index in [0.29, 0.717) is 17.6 Å². The molecule has 1 unspecified atom stereocenters. The maximum atomic E-state index is 14.1. The van der Waals surface area contributed by atoms with E-state index in [2.05, 4.69) is 25.2 Å². The molecule has 0 radical (unpaired) electrons. The van der Waals surface area contributed by atoms with Gasteiger partial charge in [0.1, 0.15) is 0 Å². The topological polar surface area (TPSA) is 98.4 Å². The molecule has 0 bridgehead atoms. The van der Waals surface area contributed by atoms with Gasteiger partial charge in [0.2, 0.25) is 17.8 Å². The highest BCUT2D eigenvalue weighted by Crippen LogP contribution is 2.28. The number of aromatic nitrogens is 3. The fourth-order valence-electron chi connectivity index (χ4n) is 4.40. The maximum Gasteiger partial charge on any atom is 0.233 e. The van der Waals surface area contributed by atoms with Gasteiger partial charge in [0.25, 0.3) is 0 Å².